The van der Waals surface area contributed by atoms with Crippen LogP contribution in [0, 0.1) is 0 Å². The topological polar surface area (TPSA) is 19.1 Å². The molecule has 284 valence electrons. The molecule has 0 unspecified atom stereocenters. The Morgan fingerprint density at radius 3 is 1.49 bits per heavy atom. The fourth-order valence-electron chi connectivity index (χ4n) is 9.91. The molecule has 12 aromatic rings. The van der Waals surface area contributed by atoms with Crippen molar-refractivity contribution in [2.24, 2.45) is 0 Å². The summed E-state index contributed by atoms with van der Waals surface area (Å²) in [6, 6.07) is 79.0. The van der Waals surface area contributed by atoms with E-state index in [-0.39, 0.29) is 0 Å². The number of fused-ring (bicyclic) bond motifs is 9. The number of hydrogen-bond donors (Lipinski definition) is 0. The lowest BCUT2D eigenvalue weighted by atomic mass is 9.91. The summed E-state index contributed by atoms with van der Waals surface area (Å²) in [6.07, 6.45) is 0. The monoisotopic (exact) mass is 776 g/mol. The SMILES string of the molecule is c1ccc(-c2ccc(-n3c4ccccc4c4c5cccc6c5c(cc43)Oc3cc(-c4ccc(-n5c7ccccc7c7cc(-c8ccccc8)ccc75)cc4)ccc3-6)cc2)cc1. The lowest BCUT2D eigenvalue weighted by molar-refractivity contribution is 0.488. The average molecular weight is 777 g/mol. The second kappa shape index (κ2) is 13.2. The molecule has 3 heteroatoms. The van der Waals surface area contributed by atoms with E-state index in [1.54, 1.807) is 0 Å². The van der Waals surface area contributed by atoms with Crippen LogP contribution in [-0.2, 0) is 0 Å². The van der Waals surface area contributed by atoms with Crippen LogP contribution in [0.4, 0.5) is 0 Å². The highest BCUT2D eigenvalue weighted by atomic mass is 16.5. The highest BCUT2D eigenvalue weighted by Crippen LogP contribution is 2.51. The number of rotatable bonds is 5. The van der Waals surface area contributed by atoms with E-state index < -0.39 is 0 Å². The molecule has 1 aliphatic heterocycles. The molecule has 0 bridgehead atoms. The van der Waals surface area contributed by atoms with Crippen LogP contribution in [0.15, 0.2) is 218 Å². The van der Waals surface area contributed by atoms with Crippen LogP contribution in [0.3, 0.4) is 0 Å². The Hall–Kier alpha value is -8.14. The number of nitrogens with zero attached hydrogens (tertiary/aromatic N) is 2. The summed E-state index contributed by atoms with van der Waals surface area (Å²) < 4.78 is 11.8. The van der Waals surface area contributed by atoms with E-state index in [4.69, 9.17) is 4.74 Å². The van der Waals surface area contributed by atoms with Crippen molar-refractivity contribution in [3.05, 3.63) is 218 Å². The normalized spacial score (nSPS) is 12.1. The summed E-state index contributed by atoms with van der Waals surface area (Å²) in [5.74, 6) is 1.75. The van der Waals surface area contributed by atoms with Gasteiger partial charge in [-0.15, -0.1) is 0 Å². The van der Waals surface area contributed by atoms with Gasteiger partial charge in [0.05, 0.1) is 22.1 Å². The van der Waals surface area contributed by atoms with Gasteiger partial charge in [0, 0.05) is 49.9 Å². The zero-order chi connectivity index (χ0) is 40.0. The minimum absolute atomic E-state index is 0.868. The van der Waals surface area contributed by atoms with Crippen LogP contribution < -0.4 is 4.74 Å². The van der Waals surface area contributed by atoms with E-state index in [2.05, 4.69) is 228 Å². The Kier molecular flexibility index (Phi) is 7.31. The molecule has 0 aliphatic carbocycles. The molecule has 0 amide bonds. The zero-order valence-electron chi connectivity index (χ0n) is 33.1. The van der Waals surface area contributed by atoms with Crippen LogP contribution in [-0.4, -0.2) is 9.13 Å². The largest absolute Gasteiger partial charge is 0.456 e. The van der Waals surface area contributed by atoms with E-state index in [9.17, 15) is 0 Å². The highest BCUT2D eigenvalue weighted by Gasteiger charge is 2.25. The van der Waals surface area contributed by atoms with Crippen LogP contribution in [0.1, 0.15) is 0 Å². The molecule has 0 saturated heterocycles. The van der Waals surface area contributed by atoms with Gasteiger partial charge in [-0.2, -0.15) is 0 Å². The maximum Gasteiger partial charge on any atom is 0.138 e. The molecule has 1 aliphatic rings. The molecule has 0 radical (unpaired) electrons. The van der Waals surface area contributed by atoms with Crippen molar-refractivity contribution in [2.45, 2.75) is 0 Å². The second-order valence-electron chi connectivity index (χ2n) is 16.1. The Balaban J connectivity index is 0.899. The first-order chi connectivity index (χ1) is 30.2. The molecular formula is C58H36N2O. The van der Waals surface area contributed by atoms with Crippen LogP contribution >= 0.6 is 0 Å². The number of para-hydroxylation sites is 2. The molecule has 61 heavy (non-hydrogen) atoms. The van der Waals surface area contributed by atoms with Gasteiger partial charge in [-0.25, -0.2) is 0 Å². The third-order valence-corrected chi connectivity index (χ3v) is 12.7. The first-order valence-electron chi connectivity index (χ1n) is 20.9. The van der Waals surface area contributed by atoms with Gasteiger partial charge in [0.25, 0.3) is 0 Å². The molecule has 0 saturated carbocycles. The molecule has 3 nitrogen and oxygen atoms in total. The van der Waals surface area contributed by atoms with Gasteiger partial charge >= 0.3 is 0 Å². The summed E-state index contributed by atoms with van der Waals surface area (Å²) in [5, 5.41) is 7.33. The molecule has 0 N–H and O–H groups in total. The molecular weight excluding hydrogens is 741 g/mol. The molecule has 10 aromatic carbocycles. The van der Waals surface area contributed by atoms with Crippen molar-refractivity contribution >= 4 is 54.4 Å². The van der Waals surface area contributed by atoms with Gasteiger partial charge < -0.3 is 13.9 Å². The second-order valence-corrected chi connectivity index (χ2v) is 16.1. The van der Waals surface area contributed by atoms with Gasteiger partial charge in [0.2, 0.25) is 0 Å². The van der Waals surface area contributed by atoms with E-state index in [0.29, 0.717) is 0 Å². The standard InChI is InChI=1S/C58H36N2O/c1-3-12-37(13-4-1)39-22-28-44(29-23-39)60-52-21-10-8-17-48(52)57-49-19-11-18-47-46-32-26-42(35-55(46)61-56(58(47)49)36-54(57)60)40-24-30-43(31-25-40)59-51-20-9-7-16-45(51)50-34-41(27-33-53(50)59)38-14-5-2-6-15-38/h1-36H. The first-order valence-corrected chi connectivity index (χ1v) is 20.9. The minimum Gasteiger partial charge on any atom is -0.456 e. The summed E-state index contributed by atoms with van der Waals surface area (Å²) in [4.78, 5) is 0. The zero-order valence-corrected chi connectivity index (χ0v) is 33.1. The Labute approximate surface area is 352 Å². The number of aromatic nitrogens is 2. The lowest BCUT2D eigenvalue weighted by Crippen LogP contribution is -1.99. The van der Waals surface area contributed by atoms with Gasteiger partial charge in [-0.1, -0.05) is 152 Å². The summed E-state index contributed by atoms with van der Waals surface area (Å²) in [5.41, 5.74) is 16.4. The van der Waals surface area contributed by atoms with Gasteiger partial charge in [0.15, 0.2) is 0 Å². The molecule has 0 fully saturated rings. The van der Waals surface area contributed by atoms with Crippen molar-refractivity contribution in [1.82, 2.24) is 9.13 Å². The predicted octanol–water partition coefficient (Wildman–Crippen LogP) is 15.8. The number of ether oxygens (including phenoxy) is 1. The van der Waals surface area contributed by atoms with Crippen molar-refractivity contribution in [1.29, 1.82) is 0 Å². The molecule has 2 aromatic heterocycles. The maximum absolute atomic E-state index is 6.99. The Morgan fingerprint density at radius 2 is 0.770 bits per heavy atom. The predicted molar refractivity (Wildman–Crippen MR) is 254 cm³/mol. The van der Waals surface area contributed by atoms with Crippen LogP contribution in [0.25, 0.3) is 110 Å². The fourth-order valence-corrected chi connectivity index (χ4v) is 9.91. The van der Waals surface area contributed by atoms with Gasteiger partial charge in [0.1, 0.15) is 11.5 Å². The molecule has 0 spiro atoms. The van der Waals surface area contributed by atoms with Crippen molar-refractivity contribution < 1.29 is 4.74 Å². The molecule has 13 rings (SSSR count). The summed E-state index contributed by atoms with van der Waals surface area (Å²) in [7, 11) is 0. The van der Waals surface area contributed by atoms with Crippen molar-refractivity contribution in [3.8, 4) is 67.4 Å². The van der Waals surface area contributed by atoms with Gasteiger partial charge in [-0.3, -0.25) is 0 Å². The third kappa shape index (κ3) is 5.17. The van der Waals surface area contributed by atoms with E-state index in [1.165, 1.54) is 71.3 Å². The van der Waals surface area contributed by atoms with E-state index >= 15 is 0 Å². The number of hydrogen-bond acceptors (Lipinski definition) is 1. The molecule has 3 heterocycles. The Bertz CT molecular complexity index is 3690. The van der Waals surface area contributed by atoms with Crippen molar-refractivity contribution in [3.63, 3.8) is 0 Å². The maximum atomic E-state index is 6.99. The average Bonchev–Trinajstić information content (AvgIpc) is 3.84. The van der Waals surface area contributed by atoms with Crippen molar-refractivity contribution in [2.75, 3.05) is 0 Å². The van der Waals surface area contributed by atoms with Crippen LogP contribution in [0.5, 0.6) is 11.5 Å². The van der Waals surface area contributed by atoms with Crippen LogP contribution in [0.2, 0.25) is 0 Å². The fraction of sp³-hybridized carbons (Fsp3) is 0. The molecule has 0 atom stereocenters. The van der Waals surface area contributed by atoms with E-state index in [1.807, 2.05) is 0 Å². The minimum atomic E-state index is 0.868. The lowest BCUT2D eigenvalue weighted by Gasteiger charge is -2.23. The summed E-state index contributed by atoms with van der Waals surface area (Å²) in [6.45, 7) is 0. The van der Waals surface area contributed by atoms with E-state index in [0.717, 1.165) is 50.5 Å². The Morgan fingerprint density at radius 1 is 0.262 bits per heavy atom. The smallest absolute Gasteiger partial charge is 0.138 e. The third-order valence-electron chi connectivity index (χ3n) is 12.7. The van der Waals surface area contributed by atoms with Gasteiger partial charge in [-0.05, 0) is 105 Å². The highest BCUT2D eigenvalue weighted by molar-refractivity contribution is 6.25. The first kappa shape index (κ1) is 33.8. The number of benzene rings is 10. The quantitative estimate of drug-likeness (QED) is 0.170. The summed E-state index contributed by atoms with van der Waals surface area (Å²) >= 11 is 0.